The fourth-order valence-corrected chi connectivity index (χ4v) is 1.84. The monoisotopic (exact) mass is 283 g/mol. The molecule has 0 saturated heterocycles. The largest absolute Gasteiger partial charge is 0.491 e. The Balaban J connectivity index is 2.37. The van der Waals surface area contributed by atoms with E-state index in [-0.39, 0.29) is 5.91 Å². The smallest absolute Gasteiger partial charge is 0.222 e. The summed E-state index contributed by atoms with van der Waals surface area (Å²) in [6.07, 6.45) is 1.23. The Kier molecular flexibility index (Phi) is 6.71. The maximum Gasteiger partial charge on any atom is 0.222 e. The molecule has 1 aromatic carbocycles. The minimum Gasteiger partial charge on any atom is -0.491 e. The van der Waals surface area contributed by atoms with Crippen LogP contribution < -0.4 is 4.74 Å². The molecule has 0 unspecified atom stereocenters. The number of amides is 1. The van der Waals surface area contributed by atoms with Gasteiger partial charge >= 0.3 is 0 Å². The fraction of sp³-hybridized carbons (Fsp3) is 0.533. The number of hydrogen-bond donors (Lipinski definition) is 0. The summed E-state index contributed by atoms with van der Waals surface area (Å²) in [5, 5.41) is 0. The molecule has 0 fully saturated rings. The summed E-state index contributed by atoms with van der Waals surface area (Å²) in [6.45, 7) is 5.20. The van der Waals surface area contributed by atoms with Crippen LogP contribution in [0.5, 0.6) is 5.75 Å². The van der Waals surface area contributed by atoms with Gasteiger partial charge in [-0.15, -0.1) is 11.6 Å². The number of benzene rings is 1. The Morgan fingerprint density at radius 1 is 1.37 bits per heavy atom. The van der Waals surface area contributed by atoms with Crippen LogP contribution in [0.2, 0.25) is 0 Å². The number of aryl methyl sites for hydroxylation is 1. The first kappa shape index (κ1) is 15.8. The third kappa shape index (κ3) is 5.11. The zero-order chi connectivity index (χ0) is 14.3. The van der Waals surface area contributed by atoms with Crippen molar-refractivity contribution in [2.45, 2.75) is 26.7 Å². The number of nitrogens with zero attached hydrogens (tertiary/aromatic N) is 1. The summed E-state index contributed by atoms with van der Waals surface area (Å²) in [5.74, 6) is 1.53. The van der Waals surface area contributed by atoms with Crippen molar-refractivity contribution in [2.75, 3.05) is 26.1 Å². The second kappa shape index (κ2) is 8.05. The number of hydrogen-bond acceptors (Lipinski definition) is 2. The molecule has 1 amide bonds. The van der Waals surface area contributed by atoms with E-state index in [9.17, 15) is 4.79 Å². The summed E-state index contributed by atoms with van der Waals surface area (Å²) in [6, 6.07) is 5.99. The van der Waals surface area contributed by atoms with E-state index < -0.39 is 0 Å². The van der Waals surface area contributed by atoms with Gasteiger partial charge in [0.1, 0.15) is 12.4 Å². The SMILES string of the molecule is Cc1cccc(OCCN(C)C(=O)CCCCl)c1C. The van der Waals surface area contributed by atoms with Gasteiger partial charge in [0.05, 0.1) is 6.54 Å². The van der Waals surface area contributed by atoms with Crippen molar-refractivity contribution in [3.8, 4) is 5.75 Å². The van der Waals surface area contributed by atoms with Crippen molar-refractivity contribution < 1.29 is 9.53 Å². The van der Waals surface area contributed by atoms with Crippen LogP contribution in [-0.4, -0.2) is 36.9 Å². The first-order chi connectivity index (χ1) is 9.06. The molecule has 0 bridgehead atoms. The summed E-state index contributed by atoms with van der Waals surface area (Å²) in [5.41, 5.74) is 2.36. The highest BCUT2D eigenvalue weighted by Gasteiger charge is 2.08. The number of alkyl halides is 1. The first-order valence-corrected chi connectivity index (χ1v) is 7.08. The van der Waals surface area contributed by atoms with E-state index in [1.807, 2.05) is 19.1 Å². The molecule has 0 aliphatic rings. The normalized spacial score (nSPS) is 10.3. The Hall–Kier alpha value is -1.22. The lowest BCUT2D eigenvalue weighted by molar-refractivity contribution is -0.130. The van der Waals surface area contributed by atoms with Crippen LogP contribution >= 0.6 is 11.6 Å². The second-order valence-electron chi connectivity index (χ2n) is 4.65. The van der Waals surface area contributed by atoms with Crippen LogP contribution in [0.4, 0.5) is 0 Å². The lowest BCUT2D eigenvalue weighted by Crippen LogP contribution is -2.30. The van der Waals surface area contributed by atoms with E-state index >= 15 is 0 Å². The molecule has 0 aromatic heterocycles. The van der Waals surface area contributed by atoms with Crippen molar-refractivity contribution >= 4 is 17.5 Å². The van der Waals surface area contributed by atoms with E-state index in [0.717, 1.165) is 17.7 Å². The van der Waals surface area contributed by atoms with Crippen molar-refractivity contribution in [3.05, 3.63) is 29.3 Å². The van der Waals surface area contributed by atoms with Crippen LogP contribution in [0.1, 0.15) is 24.0 Å². The molecule has 4 heteroatoms. The zero-order valence-electron chi connectivity index (χ0n) is 11.9. The highest BCUT2D eigenvalue weighted by Crippen LogP contribution is 2.20. The summed E-state index contributed by atoms with van der Waals surface area (Å²) in [4.78, 5) is 13.4. The molecule has 0 saturated carbocycles. The molecule has 106 valence electrons. The molecule has 0 heterocycles. The predicted octanol–water partition coefficient (Wildman–Crippen LogP) is 3.16. The lowest BCUT2D eigenvalue weighted by atomic mass is 10.1. The van der Waals surface area contributed by atoms with Crippen LogP contribution in [0.25, 0.3) is 0 Å². The molecule has 0 atom stereocenters. The Labute approximate surface area is 120 Å². The van der Waals surface area contributed by atoms with E-state index in [2.05, 4.69) is 13.0 Å². The van der Waals surface area contributed by atoms with Crippen molar-refractivity contribution in [2.24, 2.45) is 0 Å². The van der Waals surface area contributed by atoms with Gasteiger partial charge in [-0.2, -0.15) is 0 Å². The molecular weight excluding hydrogens is 262 g/mol. The zero-order valence-corrected chi connectivity index (χ0v) is 12.7. The van der Waals surface area contributed by atoms with Crippen LogP contribution in [0.3, 0.4) is 0 Å². The van der Waals surface area contributed by atoms with Crippen molar-refractivity contribution in [3.63, 3.8) is 0 Å². The number of ether oxygens (including phenoxy) is 1. The Morgan fingerprint density at radius 2 is 2.11 bits per heavy atom. The van der Waals surface area contributed by atoms with Crippen molar-refractivity contribution in [1.82, 2.24) is 4.90 Å². The van der Waals surface area contributed by atoms with E-state index in [1.54, 1.807) is 11.9 Å². The maximum atomic E-state index is 11.7. The van der Waals surface area contributed by atoms with Gasteiger partial charge in [0.15, 0.2) is 0 Å². The molecule has 0 spiro atoms. The van der Waals surface area contributed by atoms with E-state index in [1.165, 1.54) is 5.56 Å². The Morgan fingerprint density at radius 3 is 2.79 bits per heavy atom. The van der Waals surface area contributed by atoms with Crippen LogP contribution in [-0.2, 0) is 4.79 Å². The third-order valence-corrected chi connectivity index (χ3v) is 3.46. The molecule has 0 aliphatic heterocycles. The average Bonchev–Trinajstić information content (AvgIpc) is 2.40. The van der Waals surface area contributed by atoms with Gasteiger partial charge in [-0.1, -0.05) is 12.1 Å². The number of halogens is 1. The van der Waals surface area contributed by atoms with E-state index in [0.29, 0.717) is 25.5 Å². The topological polar surface area (TPSA) is 29.5 Å². The van der Waals surface area contributed by atoms with Gasteiger partial charge in [0.25, 0.3) is 0 Å². The average molecular weight is 284 g/mol. The molecule has 0 radical (unpaired) electrons. The van der Waals surface area contributed by atoms with Gasteiger partial charge in [0, 0.05) is 19.3 Å². The minimum atomic E-state index is 0.116. The van der Waals surface area contributed by atoms with Gasteiger partial charge in [-0.25, -0.2) is 0 Å². The first-order valence-electron chi connectivity index (χ1n) is 6.55. The lowest BCUT2D eigenvalue weighted by Gasteiger charge is -2.18. The molecule has 1 aromatic rings. The summed E-state index contributed by atoms with van der Waals surface area (Å²) < 4.78 is 5.72. The van der Waals surface area contributed by atoms with Crippen LogP contribution in [0.15, 0.2) is 18.2 Å². The molecule has 19 heavy (non-hydrogen) atoms. The number of carbonyl (C=O) groups is 1. The Bertz CT molecular complexity index is 421. The highest BCUT2D eigenvalue weighted by molar-refractivity contribution is 6.17. The molecular formula is C15H22ClNO2. The summed E-state index contributed by atoms with van der Waals surface area (Å²) >= 11 is 5.57. The fourth-order valence-electron chi connectivity index (χ4n) is 1.71. The number of carbonyl (C=O) groups excluding carboxylic acids is 1. The van der Waals surface area contributed by atoms with E-state index in [4.69, 9.17) is 16.3 Å². The minimum absolute atomic E-state index is 0.116. The highest BCUT2D eigenvalue weighted by atomic mass is 35.5. The second-order valence-corrected chi connectivity index (χ2v) is 5.03. The maximum absolute atomic E-state index is 11.7. The molecule has 1 rings (SSSR count). The standard InChI is InChI=1S/C15H22ClNO2/c1-12-6-4-7-14(13(12)2)19-11-10-17(3)15(18)8-5-9-16/h4,6-7H,5,8-11H2,1-3H3. The number of rotatable bonds is 7. The number of likely N-dealkylation sites (N-methyl/N-ethyl adjacent to an activating group) is 1. The van der Waals surface area contributed by atoms with Gasteiger partial charge < -0.3 is 9.64 Å². The molecule has 0 N–H and O–H groups in total. The summed E-state index contributed by atoms with van der Waals surface area (Å²) in [7, 11) is 1.79. The van der Waals surface area contributed by atoms with Gasteiger partial charge in [-0.05, 0) is 37.5 Å². The molecule has 3 nitrogen and oxygen atoms in total. The van der Waals surface area contributed by atoms with Crippen molar-refractivity contribution in [1.29, 1.82) is 0 Å². The van der Waals surface area contributed by atoms with Crippen LogP contribution in [0, 0.1) is 13.8 Å². The van der Waals surface area contributed by atoms with Gasteiger partial charge in [-0.3, -0.25) is 4.79 Å². The van der Waals surface area contributed by atoms with Gasteiger partial charge in [0.2, 0.25) is 5.91 Å². The predicted molar refractivity (Wildman–Crippen MR) is 79.0 cm³/mol. The molecule has 0 aliphatic carbocycles. The third-order valence-electron chi connectivity index (χ3n) is 3.19. The quantitative estimate of drug-likeness (QED) is 0.720.